The third-order valence-electron chi connectivity index (χ3n) is 1.04. The average molecular weight is 202 g/mol. The van der Waals surface area contributed by atoms with Crippen molar-refractivity contribution >= 4 is 23.5 Å². The smallest absolute Gasteiger partial charge is 0.187 e. The lowest BCUT2D eigenvalue weighted by Gasteiger charge is -2.21. The summed E-state index contributed by atoms with van der Waals surface area (Å²) < 4.78 is 0. The molecule has 0 heterocycles. The first-order valence-corrected chi connectivity index (χ1v) is 4.66. The molecular weight excluding hydrogens is 184 g/mol. The number of hydrogen-bond acceptors (Lipinski definition) is 3. The Kier molecular flexibility index (Phi) is 5.57. The van der Waals surface area contributed by atoms with Crippen molar-refractivity contribution in [2.45, 2.75) is 32.7 Å². The van der Waals surface area contributed by atoms with Gasteiger partial charge in [-0.1, -0.05) is 0 Å². The highest BCUT2D eigenvalue weighted by Crippen LogP contribution is 1.97. The van der Waals surface area contributed by atoms with Gasteiger partial charge in [-0.3, -0.25) is 5.43 Å². The summed E-state index contributed by atoms with van der Waals surface area (Å²) in [5, 5.41) is 7.49. The predicted octanol–water partition coefficient (Wildman–Crippen LogP) is 0.584. The van der Waals surface area contributed by atoms with Crippen molar-refractivity contribution in [1.82, 2.24) is 10.7 Å². The molecule has 0 aromatic rings. The Morgan fingerprint density at radius 3 is 2.62 bits per heavy atom. The van der Waals surface area contributed by atoms with E-state index >= 15 is 0 Å². The third kappa shape index (κ3) is 9.23. The normalized spacial score (nSPS) is 11.7. The predicted molar refractivity (Wildman–Crippen MR) is 60.8 cm³/mol. The van der Waals surface area contributed by atoms with Gasteiger partial charge < -0.3 is 11.1 Å². The summed E-state index contributed by atoms with van der Waals surface area (Å²) in [4.78, 5) is 0. The van der Waals surface area contributed by atoms with E-state index < -0.39 is 0 Å². The number of nitrogens with two attached hydrogens (primary N) is 1. The SMILES string of the molecule is CC(C)(C)NC(=S)NN=CCCN. The number of nitrogens with one attached hydrogen (secondary N) is 2. The average Bonchev–Trinajstić information content (AvgIpc) is 1.94. The number of rotatable bonds is 3. The molecule has 0 aromatic heterocycles. The molecule has 0 amide bonds. The summed E-state index contributed by atoms with van der Waals surface area (Å²) in [5.74, 6) is 0. The van der Waals surface area contributed by atoms with E-state index in [1.54, 1.807) is 6.21 Å². The van der Waals surface area contributed by atoms with Gasteiger partial charge in [0.05, 0.1) is 0 Å². The summed E-state index contributed by atoms with van der Waals surface area (Å²) in [6, 6.07) is 0. The zero-order valence-electron chi connectivity index (χ0n) is 8.42. The maximum atomic E-state index is 5.28. The van der Waals surface area contributed by atoms with E-state index in [1.165, 1.54) is 0 Å². The van der Waals surface area contributed by atoms with Crippen LogP contribution in [0.25, 0.3) is 0 Å². The largest absolute Gasteiger partial charge is 0.357 e. The van der Waals surface area contributed by atoms with Crippen LogP contribution < -0.4 is 16.5 Å². The first kappa shape index (κ1) is 12.3. The highest BCUT2D eigenvalue weighted by molar-refractivity contribution is 7.80. The van der Waals surface area contributed by atoms with Crippen LogP contribution in [-0.4, -0.2) is 23.4 Å². The van der Waals surface area contributed by atoms with Crippen LogP contribution in [0.4, 0.5) is 0 Å². The molecular formula is C8H18N4S. The van der Waals surface area contributed by atoms with Crippen LogP contribution in [0.15, 0.2) is 5.10 Å². The molecule has 13 heavy (non-hydrogen) atoms. The molecule has 4 nitrogen and oxygen atoms in total. The second kappa shape index (κ2) is 5.88. The zero-order chi connectivity index (χ0) is 10.3. The Labute approximate surface area is 85.0 Å². The van der Waals surface area contributed by atoms with Crippen molar-refractivity contribution in [2.24, 2.45) is 10.8 Å². The molecule has 0 atom stereocenters. The Bertz CT molecular complexity index is 183. The van der Waals surface area contributed by atoms with Gasteiger partial charge in [-0.2, -0.15) is 5.10 Å². The van der Waals surface area contributed by atoms with Gasteiger partial charge >= 0.3 is 0 Å². The first-order valence-electron chi connectivity index (χ1n) is 4.25. The molecule has 76 valence electrons. The van der Waals surface area contributed by atoms with Crippen molar-refractivity contribution in [2.75, 3.05) is 6.54 Å². The fourth-order valence-corrected chi connectivity index (χ4v) is 0.971. The van der Waals surface area contributed by atoms with Gasteiger partial charge in [0.1, 0.15) is 0 Å². The minimum Gasteiger partial charge on any atom is -0.357 e. The molecule has 0 radical (unpaired) electrons. The summed E-state index contributed by atoms with van der Waals surface area (Å²) in [6.45, 7) is 6.70. The maximum Gasteiger partial charge on any atom is 0.187 e. The van der Waals surface area contributed by atoms with Crippen molar-refractivity contribution < 1.29 is 0 Å². The molecule has 0 rings (SSSR count). The monoisotopic (exact) mass is 202 g/mol. The molecule has 0 fully saturated rings. The molecule has 5 heteroatoms. The number of hydrazone groups is 1. The summed E-state index contributed by atoms with van der Waals surface area (Å²) in [6.07, 6.45) is 2.46. The molecule has 0 aliphatic heterocycles. The summed E-state index contributed by atoms with van der Waals surface area (Å²) >= 11 is 4.98. The Morgan fingerprint density at radius 2 is 2.15 bits per heavy atom. The van der Waals surface area contributed by atoms with Gasteiger partial charge in [0.15, 0.2) is 5.11 Å². The second-order valence-corrected chi connectivity index (χ2v) is 4.11. The molecule has 0 saturated carbocycles. The molecule has 4 N–H and O–H groups in total. The maximum absolute atomic E-state index is 5.28. The van der Waals surface area contributed by atoms with Crippen molar-refractivity contribution in [3.63, 3.8) is 0 Å². The number of nitrogens with zero attached hydrogens (tertiary/aromatic N) is 1. The topological polar surface area (TPSA) is 62.4 Å². The second-order valence-electron chi connectivity index (χ2n) is 3.70. The molecule has 0 bridgehead atoms. The van der Waals surface area contributed by atoms with E-state index in [0.29, 0.717) is 11.7 Å². The van der Waals surface area contributed by atoms with E-state index in [4.69, 9.17) is 18.0 Å². The minimum atomic E-state index is -0.0343. The number of hydrogen-bond donors (Lipinski definition) is 3. The van der Waals surface area contributed by atoms with Gasteiger partial charge in [-0.25, -0.2) is 0 Å². The molecule has 0 unspecified atom stereocenters. The Morgan fingerprint density at radius 1 is 1.54 bits per heavy atom. The quantitative estimate of drug-likeness (QED) is 0.356. The molecule has 0 aliphatic rings. The van der Waals surface area contributed by atoms with Crippen LogP contribution in [-0.2, 0) is 0 Å². The van der Waals surface area contributed by atoms with Crippen molar-refractivity contribution in [3.05, 3.63) is 0 Å². The Balaban J connectivity index is 3.64. The van der Waals surface area contributed by atoms with Crippen molar-refractivity contribution in [3.8, 4) is 0 Å². The fourth-order valence-electron chi connectivity index (χ4n) is 0.612. The lowest BCUT2D eigenvalue weighted by molar-refractivity contribution is 0.508. The minimum absolute atomic E-state index is 0.0343. The van der Waals surface area contributed by atoms with Crippen LogP contribution in [0.2, 0.25) is 0 Å². The van der Waals surface area contributed by atoms with Crippen LogP contribution in [0, 0.1) is 0 Å². The van der Waals surface area contributed by atoms with E-state index in [1.807, 2.05) is 20.8 Å². The molecule has 0 aliphatic carbocycles. The zero-order valence-corrected chi connectivity index (χ0v) is 9.24. The Hall–Kier alpha value is -0.680. The lowest BCUT2D eigenvalue weighted by Crippen LogP contribution is -2.44. The molecule has 0 aromatic carbocycles. The fraction of sp³-hybridized carbons (Fsp3) is 0.750. The van der Waals surface area contributed by atoms with E-state index in [-0.39, 0.29) is 5.54 Å². The highest BCUT2D eigenvalue weighted by Gasteiger charge is 2.09. The van der Waals surface area contributed by atoms with Crippen LogP contribution in [0.3, 0.4) is 0 Å². The molecule has 0 saturated heterocycles. The van der Waals surface area contributed by atoms with E-state index in [2.05, 4.69) is 15.8 Å². The van der Waals surface area contributed by atoms with Crippen molar-refractivity contribution in [1.29, 1.82) is 0 Å². The summed E-state index contributed by atoms with van der Waals surface area (Å²) in [7, 11) is 0. The van der Waals surface area contributed by atoms with Gasteiger partial charge in [0.2, 0.25) is 0 Å². The standard InChI is InChI=1S/C8H18N4S/c1-8(2,3)11-7(13)12-10-6-4-5-9/h6H,4-5,9H2,1-3H3,(H2,11,12,13). The third-order valence-corrected chi connectivity index (χ3v) is 1.24. The van der Waals surface area contributed by atoms with E-state index in [0.717, 1.165) is 6.42 Å². The van der Waals surface area contributed by atoms with Crippen LogP contribution in [0.5, 0.6) is 0 Å². The van der Waals surface area contributed by atoms with Gasteiger partial charge in [-0.05, 0) is 46.0 Å². The highest BCUT2D eigenvalue weighted by atomic mass is 32.1. The lowest BCUT2D eigenvalue weighted by atomic mass is 10.1. The van der Waals surface area contributed by atoms with Gasteiger partial charge in [0.25, 0.3) is 0 Å². The van der Waals surface area contributed by atoms with Gasteiger partial charge in [0, 0.05) is 11.8 Å². The first-order chi connectivity index (χ1) is 5.95. The van der Waals surface area contributed by atoms with E-state index in [9.17, 15) is 0 Å². The number of thiocarbonyl (C=S) groups is 1. The van der Waals surface area contributed by atoms with Gasteiger partial charge in [-0.15, -0.1) is 0 Å². The summed E-state index contributed by atoms with van der Waals surface area (Å²) in [5.41, 5.74) is 7.95. The molecule has 0 spiro atoms. The van der Waals surface area contributed by atoms with Crippen LogP contribution >= 0.6 is 12.2 Å². The van der Waals surface area contributed by atoms with Crippen LogP contribution in [0.1, 0.15) is 27.2 Å².